The van der Waals surface area contributed by atoms with Gasteiger partial charge in [-0.2, -0.15) is 0 Å². The van der Waals surface area contributed by atoms with E-state index < -0.39 is 0 Å². The monoisotopic (exact) mass is 456 g/mol. The second-order valence-electron chi connectivity index (χ2n) is 8.11. The average molecular weight is 457 g/mol. The number of thioether (sulfide) groups is 1. The van der Waals surface area contributed by atoms with Crippen molar-refractivity contribution >= 4 is 46.9 Å². The SMILES string of the molecule is CC1CCCC[NH+]1CCNC(=O)c1ccc2c(c1)NC(=O)C(=Cc1ccccc1Cl)S2. The maximum absolute atomic E-state index is 12.6. The number of halogens is 1. The molecule has 2 atom stereocenters. The van der Waals surface area contributed by atoms with Crippen LogP contribution in [0.2, 0.25) is 5.02 Å². The lowest BCUT2D eigenvalue weighted by atomic mass is 10.0. The Hall–Kier alpha value is -2.28. The molecule has 0 aromatic heterocycles. The Bertz CT molecular complexity index is 1020. The van der Waals surface area contributed by atoms with E-state index in [0.717, 1.165) is 17.0 Å². The lowest BCUT2D eigenvalue weighted by Gasteiger charge is -2.30. The van der Waals surface area contributed by atoms with E-state index in [1.165, 1.54) is 37.6 Å². The molecule has 5 nitrogen and oxygen atoms in total. The van der Waals surface area contributed by atoms with E-state index in [1.54, 1.807) is 23.1 Å². The molecule has 31 heavy (non-hydrogen) atoms. The van der Waals surface area contributed by atoms with Crippen LogP contribution < -0.4 is 15.5 Å². The van der Waals surface area contributed by atoms with Gasteiger partial charge in [-0.3, -0.25) is 9.59 Å². The summed E-state index contributed by atoms with van der Waals surface area (Å²) in [5.41, 5.74) is 2.01. The number of hydrogen-bond donors (Lipinski definition) is 3. The van der Waals surface area contributed by atoms with Crippen LogP contribution >= 0.6 is 23.4 Å². The first-order chi connectivity index (χ1) is 15.0. The van der Waals surface area contributed by atoms with Crippen LogP contribution in [0.25, 0.3) is 6.08 Å². The summed E-state index contributed by atoms with van der Waals surface area (Å²) in [4.78, 5) is 28.2. The van der Waals surface area contributed by atoms with E-state index in [2.05, 4.69) is 17.6 Å². The maximum atomic E-state index is 12.6. The number of piperidine rings is 1. The van der Waals surface area contributed by atoms with Crippen molar-refractivity contribution in [3.8, 4) is 0 Å². The fourth-order valence-corrected chi connectivity index (χ4v) is 5.21. The molecule has 4 rings (SSSR count). The van der Waals surface area contributed by atoms with E-state index in [4.69, 9.17) is 11.6 Å². The lowest BCUT2D eigenvalue weighted by molar-refractivity contribution is -0.927. The summed E-state index contributed by atoms with van der Waals surface area (Å²) in [6.45, 7) is 5.07. The molecule has 2 heterocycles. The molecule has 162 valence electrons. The molecular formula is C24H27ClN3O2S+. The molecule has 0 aliphatic carbocycles. The molecule has 0 saturated carbocycles. The summed E-state index contributed by atoms with van der Waals surface area (Å²) in [6, 6.07) is 13.5. The molecule has 2 amide bonds. The number of fused-ring (bicyclic) bond motifs is 1. The van der Waals surface area contributed by atoms with Gasteiger partial charge in [-0.25, -0.2) is 0 Å². The third-order valence-electron chi connectivity index (χ3n) is 5.94. The van der Waals surface area contributed by atoms with Crippen molar-refractivity contribution in [3.63, 3.8) is 0 Å². The number of likely N-dealkylation sites (tertiary alicyclic amines) is 1. The minimum Gasteiger partial charge on any atom is -0.346 e. The zero-order chi connectivity index (χ0) is 21.8. The normalized spacial score (nSPS) is 22.0. The highest BCUT2D eigenvalue weighted by Gasteiger charge is 2.24. The highest BCUT2D eigenvalue weighted by Crippen LogP contribution is 2.39. The zero-order valence-electron chi connectivity index (χ0n) is 17.5. The van der Waals surface area contributed by atoms with Gasteiger partial charge in [-0.05, 0) is 62.1 Å². The number of rotatable bonds is 5. The van der Waals surface area contributed by atoms with Crippen LogP contribution in [0.3, 0.4) is 0 Å². The summed E-state index contributed by atoms with van der Waals surface area (Å²) in [5.74, 6) is -0.304. The van der Waals surface area contributed by atoms with Crippen molar-refractivity contribution in [2.24, 2.45) is 0 Å². The number of anilines is 1. The molecular weight excluding hydrogens is 430 g/mol. The molecule has 2 aliphatic heterocycles. The highest BCUT2D eigenvalue weighted by molar-refractivity contribution is 8.04. The third kappa shape index (κ3) is 5.32. The third-order valence-corrected chi connectivity index (χ3v) is 7.38. The lowest BCUT2D eigenvalue weighted by Crippen LogP contribution is -3.16. The van der Waals surface area contributed by atoms with Gasteiger partial charge in [-0.15, -0.1) is 0 Å². The topological polar surface area (TPSA) is 62.6 Å². The van der Waals surface area contributed by atoms with Crippen molar-refractivity contribution in [2.75, 3.05) is 25.0 Å². The van der Waals surface area contributed by atoms with Gasteiger partial charge in [0.15, 0.2) is 0 Å². The van der Waals surface area contributed by atoms with Gasteiger partial charge in [0.2, 0.25) is 0 Å². The number of nitrogens with one attached hydrogen (secondary N) is 3. The molecule has 3 N–H and O–H groups in total. The van der Waals surface area contributed by atoms with Crippen molar-refractivity contribution in [1.29, 1.82) is 0 Å². The van der Waals surface area contributed by atoms with Crippen LogP contribution in [0, 0.1) is 0 Å². The van der Waals surface area contributed by atoms with Crippen molar-refractivity contribution in [2.45, 2.75) is 37.1 Å². The Morgan fingerprint density at radius 2 is 2.13 bits per heavy atom. The van der Waals surface area contributed by atoms with Crippen LogP contribution in [0.5, 0.6) is 0 Å². The second kappa shape index (κ2) is 9.90. The Morgan fingerprint density at radius 3 is 2.94 bits per heavy atom. The van der Waals surface area contributed by atoms with Gasteiger partial charge in [-0.1, -0.05) is 41.6 Å². The van der Waals surface area contributed by atoms with Crippen LogP contribution in [0.4, 0.5) is 5.69 Å². The summed E-state index contributed by atoms with van der Waals surface area (Å²) in [7, 11) is 0. The first-order valence-corrected chi connectivity index (χ1v) is 11.9. The highest BCUT2D eigenvalue weighted by atomic mass is 35.5. The van der Waals surface area contributed by atoms with E-state index in [-0.39, 0.29) is 11.8 Å². The fraction of sp³-hybridized carbons (Fsp3) is 0.333. The zero-order valence-corrected chi connectivity index (χ0v) is 19.1. The smallest absolute Gasteiger partial charge is 0.262 e. The molecule has 1 fully saturated rings. The van der Waals surface area contributed by atoms with Crippen LogP contribution in [-0.2, 0) is 4.79 Å². The summed E-state index contributed by atoms with van der Waals surface area (Å²) in [6.07, 6.45) is 5.63. The van der Waals surface area contributed by atoms with Crippen molar-refractivity contribution < 1.29 is 14.5 Å². The van der Waals surface area contributed by atoms with E-state index in [1.807, 2.05) is 30.3 Å². The number of amides is 2. The minimum atomic E-state index is -0.197. The molecule has 2 aliphatic rings. The van der Waals surface area contributed by atoms with Gasteiger partial charge < -0.3 is 15.5 Å². The van der Waals surface area contributed by atoms with Crippen LogP contribution in [-0.4, -0.2) is 37.5 Å². The standard InChI is InChI=1S/C24H26ClN3O2S/c1-16-6-4-5-12-28(16)13-11-26-23(29)18-9-10-21-20(14-18)27-24(30)22(31-21)15-17-7-2-3-8-19(17)25/h2-3,7-10,14-16H,4-6,11-13H2,1H3,(H,26,29)(H,27,30)/p+1. The Labute approximate surface area is 192 Å². The second-order valence-corrected chi connectivity index (χ2v) is 9.60. The average Bonchev–Trinajstić information content (AvgIpc) is 2.76. The number of quaternary nitrogens is 1. The number of carbonyl (C=O) groups excluding carboxylic acids is 2. The molecule has 2 unspecified atom stereocenters. The predicted molar refractivity (Wildman–Crippen MR) is 127 cm³/mol. The van der Waals surface area contributed by atoms with Crippen molar-refractivity contribution in [3.05, 3.63) is 63.5 Å². The summed E-state index contributed by atoms with van der Waals surface area (Å²) < 4.78 is 0. The van der Waals surface area contributed by atoms with Gasteiger partial charge in [0, 0.05) is 15.5 Å². The molecule has 0 spiro atoms. The Kier molecular flexibility index (Phi) is 7.00. The van der Waals surface area contributed by atoms with E-state index in [0.29, 0.717) is 33.8 Å². The molecule has 0 bridgehead atoms. The van der Waals surface area contributed by atoms with Crippen LogP contribution in [0.15, 0.2) is 52.3 Å². The molecule has 2 aromatic rings. The van der Waals surface area contributed by atoms with Gasteiger partial charge >= 0.3 is 0 Å². The van der Waals surface area contributed by atoms with Crippen molar-refractivity contribution in [1.82, 2.24) is 5.32 Å². The molecule has 1 saturated heterocycles. The summed E-state index contributed by atoms with van der Waals surface area (Å²) in [5, 5.41) is 6.53. The van der Waals surface area contributed by atoms with Gasteiger partial charge in [0.05, 0.1) is 36.3 Å². The van der Waals surface area contributed by atoms with Gasteiger partial charge in [0.25, 0.3) is 11.8 Å². The van der Waals surface area contributed by atoms with Crippen LogP contribution in [0.1, 0.15) is 42.1 Å². The quantitative estimate of drug-likeness (QED) is 0.602. The molecule has 0 radical (unpaired) electrons. The Balaban J connectivity index is 1.40. The number of benzene rings is 2. The molecule has 7 heteroatoms. The minimum absolute atomic E-state index is 0.108. The largest absolute Gasteiger partial charge is 0.346 e. The summed E-state index contributed by atoms with van der Waals surface area (Å²) >= 11 is 7.60. The van der Waals surface area contributed by atoms with E-state index >= 15 is 0 Å². The van der Waals surface area contributed by atoms with Gasteiger partial charge in [0.1, 0.15) is 0 Å². The number of carbonyl (C=O) groups is 2. The maximum Gasteiger partial charge on any atom is 0.262 e. The number of hydrogen-bond acceptors (Lipinski definition) is 3. The Morgan fingerprint density at radius 1 is 1.29 bits per heavy atom. The van der Waals surface area contributed by atoms with E-state index in [9.17, 15) is 9.59 Å². The fourth-order valence-electron chi connectivity index (χ4n) is 4.10. The first-order valence-electron chi connectivity index (χ1n) is 10.7. The first kappa shape index (κ1) is 21.9. The molecule has 2 aromatic carbocycles. The predicted octanol–water partition coefficient (Wildman–Crippen LogP) is 3.61.